The number of H-pyrrole nitrogens is 1. The van der Waals surface area contributed by atoms with E-state index in [0.717, 1.165) is 0 Å². The van der Waals surface area contributed by atoms with Crippen molar-refractivity contribution < 1.29 is 14.2 Å². The van der Waals surface area contributed by atoms with E-state index >= 15 is 0 Å². The van der Waals surface area contributed by atoms with Crippen LogP contribution in [0.15, 0.2) is 11.0 Å². The molecule has 0 spiro atoms. The van der Waals surface area contributed by atoms with E-state index in [2.05, 4.69) is 4.98 Å². The third kappa shape index (κ3) is 2.31. The van der Waals surface area contributed by atoms with Gasteiger partial charge in [0.05, 0.1) is 0 Å². The lowest BCUT2D eigenvalue weighted by Gasteiger charge is -2.19. The fourth-order valence-electron chi connectivity index (χ4n) is 1.81. The average Bonchev–Trinajstić information content (AvgIpc) is 2.67. The van der Waals surface area contributed by atoms with Gasteiger partial charge in [-0.3, -0.25) is 14.3 Å². The lowest BCUT2D eigenvalue weighted by molar-refractivity contribution is -0.177. The molecule has 0 saturated carbocycles. The van der Waals surface area contributed by atoms with Crippen molar-refractivity contribution in [2.75, 3.05) is 6.61 Å². The summed E-state index contributed by atoms with van der Waals surface area (Å²) in [5.41, 5.74) is 0.209. The Hall–Kier alpha value is -1.05. The SMILES string of the molecule is Cc1cn([C@H]2CC[C@@](F)(CO)O2)c(=S)[nH]c1=O. The van der Waals surface area contributed by atoms with Gasteiger partial charge in [0.25, 0.3) is 5.56 Å². The molecule has 17 heavy (non-hydrogen) atoms. The van der Waals surface area contributed by atoms with Crippen LogP contribution >= 0.6 is 12.2 Å². The van der Waals surface area contributed by atoms with Crippen molar-refractivity contribution in [2.45, 2.75) is 31.8 Å². The summed E-state index contributed by atoms with van der Waals surface area (Å²) in [5, 5.41) is 8.86. The Morgan fingerprint density at radius 3 is 3.12 bits per heavy atom. The first kappa shape index (κ1) is 12.4. The molecule has 2 atom stereocenters. The first-order chi connectivity index (χ1) is 7.95. The summed E-state index contributed by atoms with van der Waals surface area (Å²) in [6.07, 6.45) is 1.45. The summed E-state index contributed by atoms with van der Waals surface area (Å²) in [6, 6.07) is 0. The number of nitrogens with one attached hydrogen (secondary N) is 1. The van der Waals surface area contributed by atoms with Crippen LogP contribution in [0.4, 0.5) is 4.39 Å². The van der Waals surface area contributed by atoms with E-state index in [1.807, 2.05) is 0 Å². The van der Waals surface area contributed by atoms with Crippen molar-refractivity contribution in [3.63, 3.8) is 0 Å². The fourth-order valence-corrected chi connectivity index (χ4v) is 2.08. The molecule has 94 valence electrons. The van der Waals surface area contributed by atoms with E-state index in [1.165, 1.54) is 10.8 Å². The molecule has 2 rings (SSSR count). The normalized spacial score (nSPS) is 28.5. The topological polar surface area (TPSA) is 67.2 Å². The van der Waals surface area contributed by atoms with Crippen LogP contribution in [0.25, 0.3) is 0 Å². The monoisotopic (exact) mass is 260 g/mol. The molecule has 0 aliphatic carbocycles. The van der Waals surface area contributed by atoms with E-state index in [-0.39, 0.29) is 16.8 Å². The Labute approximate surface area is 102 Å². The van der Waals surface area contributed by atoms with Crippen LogP contribution in [-0.4, -0.2) is 27.1 Å². The number of aliphatic hydroxyl groups excluding tert-OH is 1. The van der Waals surface area contributed by atoms with E-state index in [0.29, 0.717) is 12.0 Å². The van der Waals surface area contributed by atoms with Gasteiger partial charge in [-0.05, 0) is 25.6 Å². The summed E-state index contributed by atoms with van der Waals surface area (Å²) in [4.78, 5) is 13.8. The van der Waals surface area contributed by atoms with Gasteiger partial charge in [0, 0.05) is 18.2 Å². The number of aromatic amines is 1. The number of aromatic nitrogens is 2. The Balaban J connectivity index is 2.34. The van der Waals surface area contributed by atoms with Crippen LogP contribution < -0.4 is 5.56 Å². The van der Waals surface area contributed by atoms with Gasteiger partial charge in [0.15, 0.2) is 4.77 Å². The fraction of sp³-hybridized carbons (Fsp3) is 0.600. The molecular weight excluding hydrogens is 247 g/mol. The molecule has 0 unspecified atom stereocenters. The quantitative estimate of drug-likeness (QED) is 0.784. The maximum atomic E-state index is 13.7. The Morgan fingerprint density at radius 2 is 2.53 bits per heavy atom. The van der Waals surface area contributed by atoms with Crippen molar-refractivity contribution in [3.8, 4) is 0 Å². The highest BCUT2D eigenvalue weighted by Crippen LogP contribution is 2.37. The summed E-state index contributed by atoms with van der Waals surface area (Å²) in [5.74, 6) is -2.01. The molecule has 1 fully saturated rings. The Morgan fingerprint density at radius 1 is 1.82 bits per heavy atom. The number of ether oxygens (including phenoxy) is 1. The number of aryl methyl sites for hydroxylation is 1. The molecule has 1 aliphatic rings. The second-order valence-electron chi connectivity index (χ2n) is 4.13. The van der Waals surface area contributed by atoms with Gasteiger partial charge in [-0.25, -0.2) is 4.39 Å². The third-order valence-corrected chi connectivity index (χ3v) is 3.12. The van der Waals surface area contributed by atoms with Gasteiger partial charge in [-0.1, -0.05) is 0 Å². The van der Waals surface area contributed by atoms with Gasteiger partial charge in [-0.15, -0.1) is 0 Å². The minimum atomic E-state index is -2.01. The van der Waals surface area contributed by atoms with Crippen molar-refractivity contribution in [2.24, 2.45) is 0 Å². The lowest BCUT2D eigenvalue weighted by Crippen LogP contribution is -2.28. The molecular formula is C10H13FN2O3S. The van der Waals surface area contributed by atoms with Gasteiger partial charge >= 0.3 is 0 Å². The van der Waals surface area contributed by atoms with Crippen molar-refractivity contribution in [1.29, 1.82) is 0 Å². The molecule has 2 heterocycles. The van der Waals surface area contributed by atoms with Crippen LogP contribution in [0.2, 0.25) is 0 Å². The van der Waals surface area contributed by atoms with Gasteiger partial charge < -0.3 is 9.84 Å². The number of hydrogen-bond acceptors (Lipinski definition) is 4. The largest absolute Gasteiger partial charge is 0.390 e. The van der Waals surface area contributed by atoms with Gasteiger partial charge in [0.1, 0.15) is 12.8 Å². The van der Waals surface area contributed by atoms with Crippen LogP contribution in [-0.2, 0) is 4.74 Å². The molecule has 0 radical (unpaired) electrons. The van der Waals surface area contributed by atoms with E-state index < -0.39 is 18.7 Å². The third-order valence-electron chi connectivity index (χ3n) is 2.80. The standard InChI is InChI=1S/C10H13FN2O3S/c1-6-4-13(9(17)12-8(6)15)7-2-3-10(11,5-14)16-7/h4,7,14H,2-3,5H2,1H3,(H,12,15,17)/t7-,10+/m1/s1. The number of nitrogens with zero attached hydrogens (tertiary/aromatic N) is 1. The zero-order valence-corrected chi connectivity index (χ0v) is 10.1. The van der Waals surface area contributed by atoms with Crippen molar-refractivity contribution in [1.82, 2.24) is 9.55 Å². The Kier molecular flexibility index (Phi) is 3.15. The van der Waals surface area contributed by atoms with Gasteiger partial charge in [0.2, 0.25) is 5.85 Å². The second kappa shape index (κ2) is 4.32. The van der Waals surface area contributed by atoms with Crippen molar-refractivity contribution >= 4 is 12.2 Å². The molecule has 2 N–H and O–H groups in total. The molecule has 7 heteroatoms. The molecule has 0 amide bonds. The number of halogens is 1. The second-order valence-corrected chi connectivity index (χ2v) is 4.52. The zero-order chi connectivity index (χ0) is 12.6. The lowest BCUT2D eigenvalue weighted by atomic mass is 10.2. The number of alkyl halides is 1. The highest BCUT2D eigenvalue weighted by Gasteiger charge is 2.40. The van der Waals surface area contributed by atoms with E-state index in [4.69, 9.17) is 22.1 Å². The highest BCUT2D eigenvalue weighted by atomic mass is 32.1. The smallest absolute Gasteiger partial charge is 0.254 e. The van der Waals surface area contributed by atoms with Crippen LogP contribution in [0.5, 0.6) is 0 Å². The summed E-state index contributed by atoms with van der Waals surface area (Å²) >= 11 is 4.99. The molecule has 0 aromatic carbocycles. The van der Waals surface area contributed by atoms with Crippen LogP contribution in [0.1, 0.15) is 24.6 Å². The minimum Gasteiger partial charge on any atom is -0.390 e. The first-order valence-corrected chi connectivity index (χ1v) is 5.66. The van der Waals surface area contributed by atoms with Gasteiger partial charge in [-0.2, -0.15) is 0 Å². The first-order valence-electron chi connectivity index (χ1n) is 5.25. The number of aliphatic hydroxyl groups is 1. The molecule has 1 aromatic heterocycles. The summed E-state index contributed by atoms with van der Waals surface area (Å²) in [6.45, 7) is 0.951. The molecule has 1 aliphatic heterocycles. The summed E-state index contributed by atoms with van der Waals surface area (Å²) in [7, 11) is 0. The maximum absolute atomic E-state index is 13.7. The minimum absolute atomic E-state index is 0.105. The molecule has 0 bridgehead atoms. The van der Waals surface area contributed by atoms with Crippen LogP contribution in [0.3, 0.4) is 0 Å². The maximum Gasteiger partial charge on any atom is 0.254 e. The molecule has 1 saturated heterocycles. The molecule has 5 nitrogen and oxygen atoms in total. The van der Waals surface area contributed by atoms with Crippen LogP contribution in [0, 0.1) is 11.7 Å². The summed E-state index contributed by atoms with van der Waals surface area (Å²) < 4.78 is 20.5. The van der Waals surface area contributed by atoms with Crippen molar-refractivity contribution in [3.05, 3.63) is 26.9 Å². The predicted molar refractivity (Wildman–Crippen MR) is 60.9 cm³/mol. The zero-order valence-electron chi connectivity index (χ0n) is 9.27. The number of rotatable bonds is 2. The average molecular weight is 260 g/mol. The number of hydrogen-bond donors (Lipinski definition) is 2. The molecule has 1 aromatic rings. The predicted octanol–water partition coefficient (Wildman–Crippen LogP) is 1.18. The Bertz CT molecular complexity index is 541. The van der Waals surface area contributed by atoms with E-state index in [9.17, 15) is 9.18 Å². The van der Waals surface area contributed by atoms with E-state index in [1.54, 1.807) is 6.92 Å². The highest BCUT2D eigenvalue weighted by molar-refractivity contribution is 7.71.